The summed E-state index contributed by atoms with van der Waals surface area (Å²) in [6, 6.07) is 6.67. The summed E-state index contributed by atoms with van der Waals surface area (Å²) >= 11 is 12.4. The average Bonchev–Trinajstić information content (AvgIpc) is 2.85. The number of halogens is 4. The van der Waals surface area contributed by atoms with Crippen molar-refractivity contribution in [2.75, 3.05) is 6.54 Å². The summed E-state index contributed by atoms with van der Waals surface area (Å²) in [5, 5.41) is 3.35. The van der Waals surface area contributed by atoms with Crippen LogP contribution < -0.4 is 5.32 Å². The highest BCUT2D eigenvalue weighted by Gasteiger charge is 2.22. The summed E-state index contributed by atoms with van der Waals surface area (Å²) in [6.45, 7) is 2.79. The van der Waals surface area contributed by atoms with Gasteiger partial charge < -0.3 is 9.73 Å². The number of benzene rings is 1. The number of rotatable bonds is 5. The Morgan fingerprint density at radius 1 is 1.30 bits per heavy atom. The standard InChI is InChI=1S/C14H13Br2ClFNO/c1-2-7-19-14(10-5-6-11(16)20-10)8-3-4-9(15)12(17)13(8)18/h3-6,14,19H,2,7H2,1H3. The Balaban J connectivity index is 2.43. The van der Waals surface area contributed by atoms with Gasteiger partial charge >= 0.3 is 0 Å². The summed E-state index contributed by atoms with van der Waals surface area (Å²) in [7, 11) is 0. The van der Waals surface area contributed by atoms with Gasteiger partial charge in [-0.15, -0.1) is 0 Å². The second-order valence-electron chi connectivity index (χ2n) is 4.29. The van der Waals surface area contributed by atoms with E-state index in [1.807, 2.05) is 13.0 Å². The van der Waals surface area contributed by atoms with Gasteiger partial charge in [0, 0.05) is 10.0 Å². The Hall–Kier alpha value is -0.360. The molecule has 6 heteroatoms. The smallest absolute Gasteiger partial charge is 0.169 e. The van der Waals surface area contributed by atoms with Crippen molar-refractivity contribution < 1.29 is 8.81 Å². The Morgan fingerprint density at radius 3 is 2.65 bits per heavy atom. The van der Waals surface area contributed by atoms with Crippen LogP contribution >= 0.6 is 43.5 Å². The van der Waals surface area contributed by atoms with Crippen molar-refractivity contribution in [1.82, 2.24) is 5.32 Å². The molecule has 2 aromatic rings. The van der Waals surface area contributed by atoms with Crippen LogP contribution in [0.3, 0.4) is 0 Å². The maximum Gasteiger partial charge on any atom is 0.169 e. The molecular weight excluding hydrogens is 412 g/mol. The van der Waals surface area contributed by atoms with Gasteiger partial charge in [0.2, 0.25) is 0 Å². The van der Waals surface area contributed by atoms with Gasteiger partial charge in [-0.1, -0.05) is 24.6 Å². The molecule has 108 valence electrons. The third kappa shape index (κ3) is 3.45. The lowest BCUT2D eigenvalue weighted by Crippen LogP contribution is -2.23. The molecule has 0 fully saturated rings. The van der Waals surface area contributed by atoms with Gasteiger partial charge in [0.25, 0.3) is 0 Å². The first kappa shape index (κ1) is 16.0. The third-order valence-corrected chi connectivity index (χ3v) is 4.54. The zero-order valence-electron chi connectivity index (χ0n) is 10.7. The van der Waals surface area contributed by atoms with E-state index in [-0.39, 0.29) is 11.1 Å². The first-order chi connectivity index (χ1) is 9.54. The van der Waals surface area contributed by atoms with E-state index in [9.17, 15) is 4.39 Å². The first-order valence-corrected chi connectivity index (χ1v) is 8.13. The molecule has 1 unspecified atom stereocenters. The Morgan fingerprint density at radius 2 is 2.05 bits per heavy atom. The van der Waals surface area contributed by atoms with Crippen LogP contribution in [0.4, 0.5) is 4.39 Å². The van der Waals surface area contributed by atoms with Gasteiger partial charge in [-0.05, 0) is 63.0 Å². The van der Waals surface area contributed by atoms with Crippen molar-refractivity contribution in [3.8, 4) is 0 Å². The van der Waals surface area contributed by atoms with Gasteiger partial charge in [-0.25, -0.2) is 4.39 Å². The zero-order valence-corrected chi connectivity index (χ0v) is 14.6. The number of hydrogen-bond donors (Lipinski definition) is 1. The molecule has 0 saturated carbocycles. The molecule has 2 rings (SSSR count). The van der Waals surface area contributed by atoms with E-state index < -0.39 is 5.82 Å². The second kappa shape index (κ2) is 7.07. The van der Waals surface area contributed by atoms with Gasteiger partial charge in [0.05, 0.1) is 11.1 Å². The molecule has 0 spiro atoms. The van der Waals surface area contributed by atoms with Crippen molar-refractivity contribution in [2.24, 2.45) is 0 Å². The van der Waals surface area contributed by atoms with Gasteiger partial charge in [-0.3, -0.25) is 0 Å². The fraction of sp³-hybridized carbons (Fsp3) is 0.286. The van der Waals surface area contributed by atoms with Crippen molar-refractivity contribution in [2.45, 2.75) is 19.4 Å². The molecule has 1 N–H and O–H groups in total. The lowest BCUT2D eigenvalue weighted by Gasteiger charge is -2.18. The zero-order chi connectivity index (χ0) is 14.7. The van der Waals surface area contributed by atoms with Gasteiger partial charge in [0.15, 0.2) is 4.67 Å². The van der Waals surface area contributed by atoms with E-state index in [1.54, 1.807) is 18.2 Å². The van der Waals surface area contributed by atoms with E-state index in [2.05, 4.69) is 37.2 Å². The van der Waals surface area contributed by atoms with Crippen LogP contribution in [0.5, 0.6) is 0 Å². The van der Waals surface area contributed by atoms with Crippen LogP contribution in [0.1, 0.15) is 30.7 Å². The molecule has 1 atom stereocenters. The molecule has 0 bridgehead atoms. The topological polar surface area (TPSA) is 25.2 Å². The van der Waals surface area contributed by atoms with Crippen LogP contribution in [-0.2, 0) is 0 Å². The Bertz CT molecular complexity index is 603. The summed E-state index contributed by atoms with van der Waals surface area (Å²) in [5.41, 5.74) is 0.466. The summed E-state index contributed by atoms with van der Waals surface area (Å²) in [6.07, 6.45) is 0.935. The molecule has 0 radical (unpaired) electrons. The fourth-order valence-corrected chi connectivity index (χ4v) is 2.70. The minimum Gasteiger partial charge on any atom is -0.452 e. The minimum absolute atomic E-state index is 0.0800. The highest BCUT2D eigenvalue weighted by molar-refractivity contribution is 9.10. The molecule has 0 aliphatic rings. The monoisotopic (exact) mass is 423 g/mol. The van der Waals surface area contributed by atoms with Gasteiger partial charge in [-0.2, -0.15) is 0 Å². The van der Waals surface area contributed by atoms with Crippen LogP contribution in [0, 0.1) is 5.82 Å². The number of hydrogen-bond acceptors (Lipinski definition) is 2. The van der Waals surface area contributed by atoms with E-state index in [0.29, 0.717) is 20.5 Å². The fourth-order valence-electron chi connectivity index (χ4n) is 1.90. The summed E-state index contributed by atoms with van der Waals surface area (Å²) in [5.74, 6) is 0.199. The van der Waals surface area contributed by atoms with Crippen LogP contribution in [0.25, 0.3) is 0 Å². The average molecular weight is 426 g/mol. The molecule has 0 saturated heterocycles. The normalized spacial score (nSPS) is 12.7. The van der Waals surface area contributed by atoms with E-state index in [0.717, 1.165) is 13.0 Å². The van der Waals surface area contributed by atoms with E-state index in [1.165, 1.54) is 0 Å². The van der Waals surface area contributed by atoms with Crippen molar-refractivity contribution in [3.63, 3.8) is 0 Å². The lowest BCUT2D eigenvalue weighted by molar-refractivity contribution is 0.424. The Kier molecular flexibility index (Phi) is 5.66. The lowest BCUT2D eigenvalue weighted by atomic mass is 10.0. The predicted molar refractivity (Wildman–Crippen MR) is 85.7 cm³/mol. The summed E-state index contributed by atoms with van der Waals surface area (Å²) in [4.78, 5) is 0. The van der Waals surface area contributed by atoms with Crippen LogP contribution in [0.2, 0.25) is 5.02 Å². The van der Waals surface area contributed by atoms with Crippen molar-refractivity contribution in [1.29, 1.82) is 0 Å². The maximum absolute atomic E-state index is 14.4. The predicted octanol–water partition coefficient (Wildman–Crippen LogP) is 5.69. The largest absolute Gasteiger partial charge is 0.452 e. The quantitative estimate of drug-likeness (QED) is 0.623. The highest BCUT2D eigenvalue weighted by Crippen LogP contribution is 2.34. The molecule has 0 aliphatic heterocycles. The number of nitrogens with one attached hydrogen (secondary N) is 1. The van der Waals surface area contributed by atoms with E-state index >= 15 is 0 Å². The molecule has 1 aromatic heterocycles. The van der Waals surface area contributed by atoms with Crippen LogP contribution in [-0.4, -0.2) is 6.54 Å². The molecule has 20 heavy (non-hydrogen) atoms. The molecule has 0 amide bonds. The molecular formula is C14H13Br2ClFNO. The molecule has 1 aromatic carbocycles. The van der Waals surface area contributed by atoms with Gasteiger partial charge in [0.1, 0.15) is 11.6 Å². The molecule has 0 aliphatic carbocycles. The molecule has 2 nitrogen and oxygen atoms in total. The van der Waals surface area contributed by atoms with E-state index in [4.69, 9.17) is 16.0 Å². The highest BCUT2D eigenvalue weighted by atomic mass is 79.9. The number of furan rings is 1. The third-order valence-electron chi connectivity index (χ3n) is 2.85. The SMILES string of the molecule is CCCNC(c1ccc(Br)o1)c1ccc(Br)c(Cl)c1F. The van der Waals surface area contributed by atoms with Crippen LogP contribution in [0.15, 0.2) is 37.8 Å². The van der Waals surface area contributed by atoms with Crippen molar-refractivity contribution >= 4 is 43.5 Å². The maximum atomic E-state index is 14.4. The summed E-state index contributed by atoms with van der Waals surface area (Å²) < 4.78 is 21.1. The first-order valence-electron chi connectivity index (χ1n) is 6.16. The Labute approximate surface area is 138 Å². The van der Waals surface area contributed by atoms with Crippen molar-refractivity contribution in [3.05, 3.63) is 55.6 Å². The second-order valence-corrected chi connectivity index (χ2v) is 6.31. The molecule has 1 heterocycles. The minimum atomic E-state index is -0.442.